The summed E-state index contributed by atoms with van der Waals surface area (Å²) in [7, 11) is 0. The first-order valence-corrected chi connectivity index (χ1v) is 8.81. The molecule has 1 amide bonds. The highest BCUT2D eigenvalue weighted by Gasteiger charge is 2.33. The van der Waals surface area contributed by atoms with Crippen LogP contribution < -0.4 is 5.32 Å². The number of carbonyl (C=O) groups excluding carboxylic acids is 1. The average molecular weight is 316 g/mol. The molecule has 126 valence electrons. The number of morpholine rings is 1. The fourth-order valence-corrected chi connectivity index (χ4v) is 3.39. The first-order chi connectivity index (χ1) is 11.1. The van der Waals surface area contributed by atoms with Gasteiger partial charge in [0.2, 0.25) is 5.91 Å². The third-order valence-electron chi connectivity index (χ3n) is 5.13. The van der Waals surface area contributed by atoms with Crippen LogP contribution in [0.4, 0.5) is 0 Å². The maximum absolute atomic E-state index is 12.4. The van der Waals surface area contributed by atoms with Crippen LogP contribution in [-0.4, -0.2) is 43.7 Å². The van der Waals surface area contributed by atoms with Crippen LogP contribution >= 0.6 is 0 Å². The number of hydrogen-bond donors (Lipinski definition) is 1. The van der Waals surface area contributed by atoms with Crippen LogP contribution in [0.2, 0.25) is 0 Å². The third-order valence-corrected chi connectivity index (χ3v) is 5.13. The summed E-state index contributed by atoms with van der Waals surface area (Å²) in [4.78, 5) is 14.8. The van der Waals surface area contributed by atoms with E-state index in [4.69, 9.17) is 4.74 Å². The molecule has 2 fully saturated rings. The molecule has 2 atom stereocenters. The first-order valence-electron chi connectivity index (χ1n) is 8.81. The quantitative estimate of drug-likeness (QED) is 0.877. The van der Waals surface area contributed by atoms with E-state index < -0.39 is 0 Å². The number of benzene rings is 1. The molecule has 1 saturated carbocycles. The van der Waals surface area contributed by atoms with Crippen molar-refractivity contribution in [3.8, 4) is 0 Å². The smallest absolute Gasteiger partial charge is 0.223 e. The van der Waals surface area contributed by atoms with Crippen LogP contribution in [0.15, 0.2) is 24.3 Å². The lowest BCUT2D eigenvalue weighted by Gasteiger charge is -2.35. The van der Waals surface area contributed by atoms with Crippen LogP contribution in [0.25, 0.3) is 0 Å². The topological polar surface area (TPSA) is 41.6 Å². The minimum absolute atomic E-state index is 0.151. The Kier molecular flexibility index (Phi) is 5.34. The molecule has 4 nitrogen and oxygen atoms in total. The van der Waals surface area contributed by atoms with E-state index in [1.165, 1.54) is 24.0 Å². The molecule has 1 saturated heterocycles. The van der Waals surface area contributed by atoms with Crippen molar-refractivity contribution in [1.29, 1.82) is 0 Å². The van der Waals surface area contributed by atoms with Gasteiger partial charge in [0.05, 0.1) is 19.3 Å². The molecule has 1 N–H and O–H groups in total. The van der Waals surface area contributed by atoms with Crippen LogP contribution in [0, 0.1) is 18.8 Å². The summed E-state index contributed by atoms with van der Waals surface area (Å²) >= 11 is 0. The number of carbonyl (C=O) groups is 1. The molecule has 0 radical (unpaired) electrons. The van der Waals surface area contributed by atoms with Crippen molar-refractivity contribution in [2.45, 2.75) is 32.7 Å². The molecule has 1 aromatic carbocycles. The van der Waals surface area contributed by atoms with Gasteiger partial charge < -0.3 is 10.1 Å². The third kappa shape index (κ3) is 4.33. The molecule has 3 rings (SSSR count). The van der Waals surface area contributed by atoms with Crippen molar-refractivity contribution < 1.29 is 9.53 Å². The van der Waals surface area contributed by atoms with E-state index in [0.29, 0.717) is 12.5 Å². The zero-order chi connectivity index (χ0) is 16.2. The zero-order valence-electron chi connectivity index (χ0n) is 14.3. The van der Waals surface area contributed by atoms with Crippen molar-refractivity contribution in [3.05, 3.63) is 35.4 Å². The van der Waals surface area contributed by atoms with Gasteiger partial charge in [0.25, 0.3) is 0 Å². The summed E-state index contributed by atoms with van der Waals surface area (Å²) < 4.78 is 5.48. The number of hydrogen-bond acceptors (Lipinski definition) is 3. The molecule has 4 heteroatoms. The zero-order valence-corrected chi connectivity index (χ0v) is 14.3. The van der Waals surface area contributed by atoms with Crippen molar-refractivity contribution >= 4 is 5.91 Å². The van der Waals surface area contributed by atoms with Crippen LogP contribution in [0.5, 0.6) is 0 Å². The van der Waals surface area contributed by atoms with E-state index in [2.05, 4.69) is 48.3 Å². The molecule has 1 heterocycles. The fraction of sp³-hybridized carbons (Fsp3) is 0.632. The lowest BCUT2D eigenvalue weighted by atomic mass is 10.0. The van der Waals surface area contributed by atoms with Crippen molar-refractivity contribution in [1.82, 2.24) is 10.2 Å². The molecule has 0 bridgehead atoms. The number of nitrogens with one attached hydrogen (secondary N) is 1. The molecule has 1 aliphatic heterocycles. The molecule has 2 aliphatic rings. The summed E-state index contributed by atoms with van der Waals surface area (Å²) in [6.45, 7) is 8.25. The summed E-state index contributed by atoms with van der Waals surface area (Å²) in [6.07, 6.45) is 2.42. The second kappa shape index (κ2) is 7.45. The lowest BCUT2D eigenvalue weighted by Crippen LogP contribution is -2.44. The summed E-state index contributed by atoms with van der Waals surface area (Å²) in [5, 5.41) is 3.20. The van der Waals surface area contributed by atoms with Gasteiger partial charge in [-0.1, -0.05) is 36.8 Å². The Balaban J connectivity index is 1.68. The summed E-state index contributed by atoms with van der Waals surface area (Å²) in [6, 6.07) is 8.86. The summed E-state index contributed by atoms with van der Waals surface area (Å²) in [5.41, 5.74) is 2.55. The van der Waals surface area contributed by atoms with Gasteiger partial charge in [0.15, 0.2) is 0 Å². The van der Waals surface area contributed by atoms with E-state index >= 15 is 0 Å². The summed E-state index contributed by atoms with van der Waals surface area (Å²) in [5.74, 6) is 0.965. The minimum Gasteiger partial charge on any atom is -0.379 e. The number of aryl methyl sites for hydroxylation is 1. The van der Waals surface area contributed by atoms with E-state index in [-0.39, 0.29) is 17.9 Å². The van der Waals surface area contributed by atoms with Crippen molar-refractivity contribution in [2.24, 2.45) is 11.8 Å². The van der Waals surface area contributed by atoms with Gasteiger partial charge in [0.1, 0.15) is 0 Å². The van der Waals surface area contributed by atoms with Crippen molar-refractivity contribution in [3.63, 3.8) is 0 Å². The number of amides is 1. The van der Waals surface area contributed by atoms with Crippen LogP contribution in [-0.2, 0) is 9.53 Å². The largest absolute Gasteiger partial charge is 0.379 e. The SMILES string of the molecule is Cc1cccc(C(CNC(=O)C(C)C2CC2)N2CCOCC2)c1. The molecular weight excluding hydrogens is 288 g/mol. The maximum atomic E-state index is 12.4. The lowest BCUT2D eigenvalue weighted by molar-refractivity contribution is -0.125. The number of ether oxygens (including phenoxy) is 1. The van der Waals surface area contributed by atoms with E-state index in [0.717, 1.165) is 26.3 Å². The standard InChI is InChI=1S/C19H28N2O2/c1-14-4-3-5-17(12-14)18(21-8-10-23-11-9-21)13-20-19(22)15(2)16-6-7-16/h3-5,12,15-16,18H,6-11,13H2,1-2H3,(H,20,22). The van der Waals surface area contributed by atoms with E-state index in [9.17, 15) is 4.79 Å². The second-order valence-electron chi connectivity index (χ2n) is 6.95. The van der Waals surface area contributed by atoms with Gasteiger partial charge in [-0.2, -0.15) is 0 Å². The highest BCUT2D eigenvalue weighted by atomic mass is 16.5. The van der Waals surface area contributed by atoms with Crippen LogP contribution in [0.1, 0.15) is 36.9 Å². The Morgan fingerprint density at radius 2 is 2.09 bits per heavy atom. The Hall–Kier alpha value is -1.39. The van der Waals surface area contributed by atoms with Gasteiger partial charge in [-0.15, -0.1) is 0 Å². The Morgan fingerprint density at radius 1 is 1.35 bits per heavy atom. The van der Waals surface area contributed by atoms with Gasteiger partial charge in [0, 0.05) is 25.6 Å². The molecule has 2 unspecified atom stereocenters. The average Bonchev–Trinajstić information content (AvgIpc) is 3.40. The molecule has 1 aromatic rings. The van der Waals surface area contributed by atoms with Crippen molar-refractivity contribution in [2.75, 3.05) is 32.8 Å². The minimum atomic E-state index is 0.151. The Bertz CT molecular complexity index is 536. The molecule has 1 aliphatic carbocycles. The molecule has 0 aromatic heterocycles. The number of nitrogens with zero attached hydrogens (tertiary/aromatic N) is 1. The molecular formula is C19H28N2O2. The number of rotatable bonds is 6. The van der Waals surface area contributed by atoms with Gasteiger partial charge >= 0.3 is 0 Å². The Labute approximate surface area is 139 Å². The maximum Gasteiger partial charge on any atom is 0.223 e. The van der Waals surface area contributed by atoms with Gasteiger partial charge in [-0.25, -0.2) is 0 Å². The predicted octanol–water partition coefficient (Wildman–Crippen LogP) is 2.53. The molecule has 0 spiro atoms. The highest BCUT2D eigenvalue weighted by Crippen LogP contribution is 2.36. The monoisotopic (exact) mass is 316 g/mol. The van der Waals surface area contributed by atoms with Gasteiger partial charge in [-0.3, -0.25) is 9.69 Å². The normalized spacial score (nSPS) is 21.7. The van der Waals surface area contributed by atoms with Gasteiger partial charge in [-0.05, 0) is 31.2 Å². The second-order valence-corrected chi connectivity index (χ2v) is 6.95. The first kappa shape index (κ1) is 16.5. The highest BCUT2D eigenvalue weighted by molar-refractivity contribution is 5.78. The molecule has 23 heavy (non-hydrogen) atoms. The van der Waals surface area contributed by atoms with Crippen LogP contribution in [0.3, 0.4) is 0 Å². The Morgan fingerprint density at radius 3 is 2.74 bits per heavy atom. The van der Waals surface area contributed by atoms with E-state index in [1.807, 2.05) is 0 Å². The fourth-order valence-electron chi connectivity index (χ4n) is 3.39. The van der Waals surface area contributed by atoms with E-state index in [1.54, 1.807) is 0 Å². The predicted molar refractivity (Wildman–Crippen MR) is 91.2 cm³/mol.